The lowest BCUT2D eigenvalue weighted by molar-refractivity contribution is -0.125. The standard InChI is InChI=1S/C20H29ClN2O3S2/c21-17-6-8-19(9-7-17)28(25,26)23-13-10-16(11-14-23)20(24)22-12-15-27-18-4-2-1-3-5-18/h6-9,16,18H,1-5,10-15H2,(H,22,24). The van der Waals surface area contributed by atoms with E-state index in [1.54, 1.807) is 12.1 Å². The molecule has 0 radical (unpaired) electrons. The van der Waals surface area contributed by atoms with Crippen LogP contribution in [0.5, 0.6) is 0 Å². The number of piperidine rings is 1. The summed E-state index contributed by atoms with van der Waals surface area (Å²) in [5, 5.41) is 4.31. The van der Waals surface area contributed by atoms with Gasteiger partial charge in [0, 0.05) is 41.6 Å². The molecule has 156 valence electrons. The molecular formula is C20H29ClN2O3S2. The van der Waals surface area contributed by atoms with Crippen molar-refractivity contribution >= 4 is 39.3 Å². The van der Waals surface area contributed by atoms with E-state index >= 15 is 0 Å². The molecular weight excluding hydrogens is 416 g/mol. The molecule has 1 amide bonds. The molecule has 0 bridgehead atoms. The average Bonchev–Trinajstić information content (AvgIpc) is 2.72. The summed E-state index contributed by atoms with van der Waals surface area (Å²) in [6.07, 6.45) is 7.77. The van der Waals surface area contributed by atoms with Crippen molar-refractivity contribution in [2.75, 3.05) is 25.4 Å². The highest BCUT2D eigenvalue weighted by atomic mass is 35.5. The fraction of sp³-hybridized carbons (Fsp3) is 0.650. The second-order valence-corrected chi connectivity index (χ2v) is 11.3. The first kappa shape index (κ1) is 21.9. The molecule has 0 unspecified atom stereocenters. The second-order valence-electron chi connectivity index (χ2n) is 7.55. The van der Waals surface area contributed by atoms with Gasteiger partial charge in [-0.3, -0.25) is 4.79 Å². The maximum atomic E-state index is 12.7. The number of carbonyl (C=O) groups is 1. The summed E-state index contributed by atoms with van der Waals surface area (Å²) >= 11 is 7.82. The van der Waals surface area contributed by atoms with Gasteiger partial charge in [-0.15, -0.1) is 0 Å². The summed E-state index contributed by atoms with van der Waals surface area (Å²) in [6, 6.07) is 6.22. The topological polar surface area (TPSA) is 66.5 Å². The van der Waals surface area contributed by atoms with E-state index in [1.165, 1.54) is 48.5 Å². The number of hydrogen-bond acceptors (Lipinski definition) is 4. The zero-order valence-electron chi connectivity index (χ0n) is 16.1. The first-order valence-corrected chi connectivity index (χ1v) is 13.0. The smallest absolute Gasteiger partial charge is 0.243 e. The van der Waals surface area contributed by atoms with Crippen LogP contribution in [0.4, 0.5) is 0 Å². The van der Waals surface area contributed by atoms with Gasteiger partial charge in [0.25, 0.3) is 0 Å². The largest absolute Gasteiger partial charge is 0.355 e. The molecule has 2 fully saturated rings. The van der Waals surface area contributed by atoms with Gasteiger partial charge in [0.2, 0.25) is 15.9 Å². The first-order valence-electron chi connectivity index (χ1n) is 10.1. The van der Waals surface area contributed by atoms with Crippen LogP contribution in [0.25, 0.3) is 0 Å². The lowest BCUT2D eigenvalue weighted by Crippen LogP contribution is -2.43. The summed E-state index contributed by atoms with van der Waals surface area (Å²) in [5.41, 5.74) is 0. The van der Waals surface area contributed by atoms with Crippen molar-refractivity contribution in [1.82, 2.24) is 9.62 Å². The van der Waals surface area contributed by atoms with Crippen LogP contribution in [0.1, 0.15) is 44.9 Å². The van der Waals surface area contributed by atoms with Crippen molar-refractivity contribution in [2.45, 2.75) is 55.1 Å². The minimum absolute atomic E-state index is 0.0628. The zero-order chi connectivity index (χ0) is 20.0. The van der Waals surface area contributed by atoms with Gasteiger partial charge >= 0.3 is 0 Å². The highest BCUT2D eigenvalue weighted by Gasteiger charge is 2.32. The van der Waals surface area contributed by atoms with Crippen LogP contribution >= 0.6 is 23.4 Å². The number of thioether (sulfide) groups is 1. The maximum absolute atomic E-state index is 12.7. The van der Waals surface area contributed by atoms with E-state index in [0.717, 1.165) is 11.0 Å². The highest BCUT2D eigenvalue weighted by Crippen LogP contribution is 2.28. The molecule has 2 aliphatic rings. The van der Waals surface area contributed by atoms with Gasteiger partial charge < -0.3 is 5.32 Å². The van der Waals surface area contributed by atoms with Gasteiger partial charge in [0.05, 0.1) is 4.90 Å². The summed E-state index contributed by atoms with van der Waals surface area (Å²) in [5.74, 6) is 0.921. The summed E-state index contributed by atoms with van der Waals surface area (Å²) in [7, 11) is -3.52. The molecule has 1 aromatic rings. The molecule has 3 rings (SSSR count). The Hall–Kier alpha value is -0.760. The van der Waals surface area contributed by atoms with E-state index in [1.807, 2.05) is 11.8 Å². The van der Waals surface area contributed by atoms with Crippen molar-refractivity contribution < 1.29 is 13.2 Å². The van der Waals surface area contributed by atoms with Crippen LogP contribution < -0.4 is 5.32 Å². The van der Waals surface area contributed by atoms with Crippen LogP contribution in [0.15, 0.2) is 29.2 Å². The number of sulfonamides is 1. The third kappa shape index (κ3) is 5.88. The van der Waals surface area contributed by atoms with Crippen LogP contribution in [-0.4, -0.2) is 49.3 Å². The molecule has 1 aromatic carbocycles. The maximum Gasteiger partial charge on any atom is 0.243 e. The number of amides is 1. The lowest BCUT2D eigenvalue weighted by Gasteiger charge is -2.30. The van der Waals surface area contributed by atoms with Gasteiger partial charge in [-0.1, -0.05) is 30.9 Å². The second kappa shape index (κ2) is 10.3. The minimum atomic E-state index is -3.52. The van der Waals surface area contributed by atoms with Gasteiger partial charge in [0.15, 0.2) is 0 Å². The first-order chi connectivity index (χ1) is 13.5. The zero-order valence-corrected chi connectivity index (χ0v) is 18.5. The van der Waals surface area contributed by atoms with Crippen LogP contribution in [0.3, 0.4) is 0 Å². The van der Waals surface area contributed by atoms with E-state index in [4.69, 9.17) is 11.6 Å². The van der Waals surface area contributed by atoms with E-state index in [0.29, 0.717) is 37.5 Å². The van der Waals surface area contributed by atoms with Crippen molar-refractivity contribution in [3.05, 3.63) is 29.3 Å². The van der Waals surface area contributed by atoms with Crippen molar-refractivity contribution in [2.24, 2.45) is 5.92 Å². The van der Waals surface area contributed by atoms with Crippen molar-refractivity contribution in [1.29, 1.82) is 0 Å². The quantitative estimate of drug-likeness (QED) is 0.647. The van der Waals surface area contributed by atoms with E-state index < -0.39 is 10.0 Å². The third-order valence-corrected chi connectivity index (χ3v) is 9.13. The predicted molar refractivity (Wildman–Crippen MR) is 115 cm³/mol. The number of rotatable bonds is 7. The normalized spacial score (nSPS) is 20.2. The molecule has 1 saturated carbocycles. The Morgan fingerprint density at radius 1 is 1.07 bits per heavy atom. The van der Waals surface area contributed by atoms with Crippen molar-refractivity contribution in [3.8, 4) is 0 Å². The monoisotopic (exact) mass is 444 g/mol. The van der Waals surface area contributed by atoms with Crippen LogP contribution in [-0.2, 0) is 14.8 Å². The summed E-state index contributed by atoms with van der Waals surface area (Å²) in [6.45, 7) is 1.45. The Bertz CT molecular complexity index is 741. The van der Waals surface area contributed by atoms with Gasteiger partial charge in [-0.05, 0) is 49.9 Å². The Labute approximate surface area is 177 Å². The van der Waals surface area contributed by atoms with E-state index in [-0.39, 0.29) is 16.7 Å². The molecule has 1 aliphatic heterocycles. The molecule has 1 heterocycles. The third-order valence-electron chi connectivity index (χ3n) is 5.58. The Kier molecular flexibility index (Phi) is 8.09. The number of carbonyl (C=O) groups excluding carboxylic acids is 1. The number of benzene rings is 1. The van der Waals surface area contributed by atoms with Crippen LogP contribution in [0, 0.1) is 5.92 Å². The van der Waals surface area contributed by atoms with Crippen molar-refractivity contribution in [3.63, 3.8) is 0 Å². The molecule has 0 atom stereocenters. The lowest BCUT2D eigenvalue weighted by atomic mass is 9.97. The molecule has 8 heteroatoms. The molecule has 5 nitrogen and oxygen atoms in total. The van der Waals surface area contributed by atoms with Gasteiger partial charge in [-0.25, -0.2) is 8.42 Å². The fourth-order valence-electron chi connectivity index (χ4n) is 3.89. The van der Waals surface area contributed by atoms with Gasteiger partial charge in [-0.2, -0.15) is 16.1 Å². The summed E-state index contributed by atoms with van der Waals surface area (Å²) in [4.78, 5) is 12.7. The molecule has 1 saturated heterocycles. The number of halogens is 1. The van der Waals surface area contributed by atoms with E-state index in [2.05, 4.69) is 5.32 Å². The van der Waals surface area contributed by atoms with Gasteiger partial charge in [0.1, 0.15) is 0 Å². The molecule has 0 aromatic heterocycles. The average molecular weight is 445 g/mol. The minimum Gasteiger partial charge on any atom is -0.355 e. The number of nitrogens with zero attached hydrogens (tertiary/aromatic N) is 1. The SMILES string of the molecule is O=C(NCCSC1CCCCC1)C1CCN(S(=O)(=O)c2ccc(Cl)cc2)CC1. The molecule has 1 N–H and O–H groups in total. The number of hydrogen-bond donors (Lipinski definition) is 1. The Balaban J connectivity index is 1.40. The predicted octanol–water partition coefficient (Wildman–Crippen LogP) is 3.92. The number of nitrogens with one attached hydrogen (secondary N) is 1. The molecule has 0 spiro atoms. The van der Waals surface area contributed by atoms with Crippen LogP contribution in [0.2, 0.25) is 5.02 Å². The highest BCUT2D eigenvalue weighted by molar-refractivity contribution is 7.99. The Morgan fingerprint density at radius 2 is 1.71 bits per heavy atom. The molecule has 28 heavy (non-hydrogen) atoms. The Morgan fingerprint density at radius 3 is 2.36 bits per heavy atom. The van der Waals surface area contributed by atoms with E-state index in [9.17, 15) is 13.2 Å². The fourth-order valence-corrected chi connectivity index (χ4v) is 6.71. The molecule has 1 aliphatic carbocycles. The summed E-state index contributed by atoms with van der Waals surface area (Å²) < 4.78 is 26.9.